The molecule has 2 aliphatic rings. The number of hydrogen-bond donors (Lipinski definition) is 0. The summed E-state index contributed by atoms with van der Waals surface area (Å²) in [6.07, 6.45) is 0. The van der Waals surface area contributed by atoms with Crippen LogP contribution in [0.2, 0.25) is 0 Å². The summed E-state index contributed by atoms with van der Waals surface area (Å²) in [5.41, 5.74) is 18.5. The fourth-order valence-electron chi connectivity index (χ4n) is 9.56. The van der Waals surface area contributed by atoms with Crippen molar-refractivity contribution in [1.82, 2.24) is 19.6 Å². The van der Waals surface area contributed by atoms with Crippen LogP contribution in [0, 0.1) is 0 Å². The molecule has 0 bridgehead atoms. The van der Waals surface area contributed by atoms with Crippen LogP contribution >= 0.6 is 0 Å². The summed E-state index contributed by atoms with van der Waals surface area (Å²) in [7, 11) is 0. The van der Waals surface area contributed by atoms with E-state index < -0.39 is 5.41 Å². The minimum Gasteiger partial charge on any atom is -0.210 e. The Balaban J connectivity index is 1.04. The fourth-order valence-corrected chi connectivity index (χ4v) is 9.56. The average molecular weight is 713 g/mol. The van der Waals surface area contributed by atoms with Crippen molar-refractivity contribution in [2.75, 3.05) is 0 Å². The van der Waals surface area contributed by atoms with Gasteiger partial charge in [-0.05, 0) is 85.0 Å². The molecule has 1 spiro atoms. The smallest absolute Gasteiger partial charge is 0.210 e. The van der Waals surface area contributed by atoms with E-state index in [2.05, 4.69) is 188 Å². The normalized spacial score (nSPS) is 13.1. The van der Waals surface area contributed by atoms with Crippen LogP contribution in [0.3, 0.4) is 0 Å². The monoisotopic (exact) mass is 712 g/mol. The van der Waals surface area contributed by atoms with Crippen molar-refractivity contribution in [3.63, 3.8) is 0 Å². The first kappa shape index (κ1) is 31.0. The van der Waals surface area contributed by atoms with Gasteiger partial charge in [-0.15, -0.1) is 5.10 Å². The lowest BCUT2D eigenvalue weighted by molar-refractivity contribution is 0.794. The predicted molar refractivity (Wildman–Crippen MR) is 226 cm³/mol. The average Bonchev–Trinajstić information content (AvgIpc) is 3.94. The summed E-state index contributed by atoms with van der Waals surface area (Å²) in [6, 6.07) is 69.8. The first-order chi connectivity index (χ1) is 27.8. The van der Waals surface area contributed by atoms with E-state index in [1.54, 1.807) is 0 Å². The van der Waals surface area contributed by atoms with Crippen molar-refractivity contribution in [2.24, 2.45) is 0 Å². The maximum Gasteiger partial charge on any atom is 0.253 e. The number of para-hydroxylation sites is 1. The molecule has 56 heavy (non-hydrogen) atoms. The van der Waals surface area contributed by atoms with E-state index in [1.807, 2.05) is 10.6 Å². The van der Waals surface area contributed by atoms with Crippen molar-refractivity contribution in [2.45, 2.75) is 5.41 Å². The molecule has 0 radical (unpaired) electrons. The van der Waals surface area contributed by atoms with Crippen molar-refractivity contribution in [3.8, 4) is 67.2 Å². The van der Waals surface area contributed by atoms with Crippen LogP contribution in [-0.2, 0) is 5.41 Å². The van der Waals surface area contributed by atoms with E-state index in [1.165, 1.54) is 50.1 Å². The van der Waals surface area contributed by atoms with Crippen molar-refractivity contribution >= 4 is 16.7 Å². The highest BCUT2D eigenvalue weighted by atomic mass is 15.3. The molecule has 0 saturated carbocycles. The highest BCUT2D eigenvalue weighted by molar-refractivity contribution is 5.97. The lowest BCUT2D eigenvalue weighted by Gasteiger charge is -2.30. The van der Waals surface area contributed by atoms with Crippen LogP contribution in [0.5, 0.6) is 0 Å². The number of benzene rings is 8. The Bertz CT molecular complexity index is 3150. The molecule has 0 N–H and O–H groups in total. The third kappa shape index (κ3) is 4.27. The highest BCUT2D eigenvalue weighted by Gasteiger charge is 2.51. The lowest BCUT2D eigenvalue weighted by Crippen LogP contribution is -2.25. The Kier molecular flexibility index (Phi) is 6.52. The second kappa shape index (κ2) is 11.8. The summed E-state index contributed by atoms with van der Waals surface area (Å²) < 4.78 is 1.90. The van der Waals surface area contributed by atoms with Gasteiger partial charge in [-0.3, -0.25) is 0 Å². The van der Waals surface area contributed by atoms with Crippen LogP contribution in [-0.4, -0.2) is 19.6 Å². The topological polar surface area (TPSA) is 43.1 Å². The van der Waals surface area contributed by atoms with Gasteiger partial charge in [0.2, 0.25) is 0 Å². The molecule has 260 valence electrons. The molecule has 0 amide bonds. The Morgan fingerprint density at radius 2 is 0.911 bits per heavy atom. The quantitative estimate of drug-likeness (QED) is 0.182. The molecule has 0 saturated heterocycles. The molecule has 10 aromatic rings. The molecule has 0 aliphatic heterocycles. The van der Waals surface area contributed by atoms with Crippen LogP contribution in [0.15, 0.2) is 194 Å². The zero-order valence-electron chi connectivity index (χ0n) is 30.3. The molecule has 0 unspecified atom stereocenters. The number of rotatable bonds is 4. The number of aromatic nitrogens is 4. The maximum absolute atomic E-state index is 5.21. The Labute approximate surface area is 324 Å². The minimum atomic E-state index is -0.414. The van der Waals surface area contributed by atoms with Gasteiger partial charge < -0.3 is 0 Å². The van der Waals surface area contributed by atoms with Crippen molar-refractivity contribution in [1.29, 1.82) is 0 Å². The van der Waals surface area contributed by atoms with Gasteiger partial charge in [-0.1, -0.05) is 176 Å². The zero-order valence-corrected chi connectivity index (χ0v) is 30.3. The summed E-state index contributed by atoms with van der Waals surface area (Å²) in [6.45, 7) is 0. The van der Waals surface area contributed by atoms with Gasteiger partial charge in [0, 0.05) is 16.5 Å². The van der Waals surface area contributed by atoms with Gasteiger partial charge in [-0.25, -0.2) is 4.98 Å². The molecular formula is C52H32N4. The second-order valence-electron chi connectivity index (χ2n) is 14.8. The van der Waals surface area contributed by atoms with Gasteiger partial charge in [-0.2, -0.15) is 9.50 Å². The summed E-state index contributed by atoms with van der Waals surface area (Å²) in [5.74, 6) is 1.21. The van der Waals surface area contributed by atoms with Gasteiger partial charge in [0.1, 0.15) is 0 Å². The molecule has 12 rings (SSSR count). The fraction of sp³-hybridized carbons (Fsp3) is 0.0192. The summed E-state index contributed by atoms with van der Waals surface area (Å²) in [4.78, 5) is 10.4. The molecule has 4 heteroatoms. The molecule has 0 fully saturated rings. The molecule has 0 atom stereocenters. The van der Waals surface area contributed by atoms with Gasteiger partial charge in [0.15, 0.2) is 5.82 Å². The number of nitrogens with zero attached hydrogens (tertiary/aromatic N) is 4. The Hall–Kier alpha value is -7.43. The van der Waals surface area contributed by atoms with Crippen LogP contribution in [0.25, 0.3) is 83.8 Å². The largest absolute Gasteiger partial charge is 0.253 e. The highest BCUT2D eigenvalue weighted by Crippen LogP contribution is 2.63. The van der Waals surface area contributed by atoms with E-state index in [9.17, 15) is 0 Å². The SMILES string of the molecule is c1ccc(-c2cccc(-c3nc4nc(-c5ccccc5-c5ccc6c(c5)C5(c7ccccc7-c7ccccc75)c5ccccc5-6)nn4c4ccccc34)c2)cc1. The molecule has 2 aliphatic carbocycles. The first-order valence-electron chi connectivity index (χ1n) is 19.1. The zero-order chi connectivity index (χ0) is 36.8. The van der Waals surface area contributed by atoms with Gasteiger partial charge >= 0.3 is 0 Å². The van der Waals surface area contributed by atoms with Crippen LogP contribution in [0.4, 0.5) is 0 Å². The van der Waals surface area contributed by atoms with E-state index in [-0.39, 0.29) is 0 Å². The molecule has 4 nitrogen and oxygen atoms in total. The van der Waals surface area contributed by atoms with E-state index >= 15 is 0 Å². The Morgan fingerprint density at radius 3 is 1.62 bits per heavy atom. The maximum atomic E-state index is 5.21. The molecule has 2 aromatic heterocycles. The molecule has 8 aromatic carbocycles. The minimum absolute atomic E-state index is 0.414. The third-order valence-electron chi connectivity index (χ3n) is 11.9. The number of fused-ring (bicyclic) bond motifs is 13. The van der Waals surface area contributed by atoms with E-state index in [0.29, 0.717) is 11.6 Å². The van der Waals surface area contributed by atoms with Crippen LogP contribution < -0.4 is 0 Å². The Morgan fingerprint density at radius 1 is 0.357 bits per heavy atom. The van der Waals surface area contributed by atoms with E-state index in [0.717, 1.165) is 44.4 Å². The summed E-state index contributed by atoms with van der Waals surface area (Å²) in [5, 5.41) is 6.20. The van der Waals surface area contributed by atoms with Crippen LogP contribution in [0.1, 0.15) is 22.3 Å². The lowest BCUT2D eigenvalue weighted by atomic mass is 9.70. The number of hydrogen-bond acceptors (Lipinski definition) is 3. The third-order valence-corrected chi connectivity index (χ3v) is 11.9. The van der Waals surface area contributed by atoms with E-state index in [4.69, 9.17) is 15.1 Å². The van der Waals surface area contributed by atoms with Crippen molar-refractivity contribution in [3.05, 3.63) is 216 Å². The standard InChI is InChI=1S/C52H32N4/c1-2-15-33(16-3-1)34-17-14-18-36(31-34)49-43-24-9-13-28-48(43)56-51(53-49)54-50(55-56)42-23-5-4-19-37(42)35-29-30-41-40-22-8-12-27-46(40)52(47(41)32-35)44-25-10-6-20-38(44)39-21-7-11-26-45(39)52/h1-32H. The predicted octanol–water partition coefficient (Wildman–Crippen LogP) is 12.3. The molecular weight excluding hydrogens is 681 g/mol. The van der Waals surface area contributed by atoms with Gasteiger partial charge in [0.05, 0.1) is 16.6 Å². The van der Waals surface area contributed by atoms with Gasteiger partial charge in [0.25, 0.3) is 5.78 Å². The molecule has 2 heterocycles. The van der Waals surface area contributed by atoms with Crippen molar-refractivity contribution < 1.29 is 0 Å². The second-order valence-corrected chi connectivity index (χ2v) is 14.8. The summed E-state index contributed by atoms with van der Waals surface area (Å²) >= 11 is 0. The first-order valence-corrected chi connectivity index (χ1v) is 19.1.